The van der Waals surface area contributed by atoms with E-state index in [0.717, 1.165) is 6.42 Å². The van der Waals surface area contributed by atoms with Crippen molar-refractivity contribution in [2.24, 2.45) is 11.8 Å². The molecule has 11 heteroatoms. The molecule has 4 aliphatic carbocycles. The van der Waals surface area contributed by atoms with Gasteiger partial charge >= 0.3 is 24.3 Å². The van der Waals surface area contributed by atoms with E-state index in [1.165, 1.54) is 6.92 Å². The first kappa shape index (κ1) is 22.9. The third-order valence-electron chi connectivity index (χ3n) is 5.95. The SMILES string of the molecule is C=C(C)C(=O)OC12CC3CC(CC(OCC(=O)OC(C(F)(F)F)C(F)(F)F)(C3)C1)C2. The molecule has 0 spiro atoms. The molecule has 2 unspecified atom stereocenters. The second kappa shape index (κ2) is 7.42. The minimum Gasteiger partial charge on any atom is -0.456 e. The Labute approximate surface area is 168 Å². The third-order valence-corrected chi connectivity index (χ3v) is 5.95. The van der Waals surface area contributed by atoms with Gasteiger partial charge in [-0.05, 0) is 50.9 Å². The molecule has 0 amide bonds. The first-order valence-corrected chi connectivity index (χ1v) is 9.49. The number of carbonyl (C=O) groups excluding carboxylic acids is 2. The lowest BCUT2D eigenvalue weighted by atomic mass is 9.52. The average Bonchev–Trinajstić information content (AvgIpc) is 2.54. The lowest BCUT2D eigenvalue weighted by molar-refractivity contribution is -0.315. The lowest BCUT2D eigenvalue weighted by Crippen LogP contribution is -2.61. The van der Waals surface area contributed by atoms with Gasteiger partial charge in [0.25, 0.3) is 6.10 Å². The van der Waals surface area contributed by atoms with Crippen molar-refractivity contribution in [1.82, 2.24) is 0 Å². The lowest BCUT2D eigenvalue weighted by Gasteiger charge is -2.60. The van der Waals surface area contributed by atoms with E-state index in [1.54, 1.807) is 0 Å². The van der Waals surface area contributed by atoms with Crippen molar-refractivity contribution in [2.75, 3.05) is 6.61 Å². The quantitative estimate of drug-likeness (QED) is 0.348. The predicted molar refractivity (Wildman–Crippen MR) is 89.0 cm³/mol. The maximum atomic E-state index is 12.6. The topological polar surface area (TPSA) is 61.8 Å². The Morgan fingerprint density at radius 1 is 1.00 bits per heavy atom. The van der Waals surface area contributed by atoms with E-state index in [2.05, 4.69) is 11.3 Å². The monoisotopic (exact) mass is 444 g/mol. The van der Waals surface area contributed by atoms with Gasteiger partial charge in [-0.25, -0.2) is 9.59 Å². The summed E-state index contributed by atoms with van der Waals surface area (Å²) >= 11 is 0. The van der Waals surface area contributed by atoms with Crippen molar-refractivity contribution < 1.29 is 50.1 Å². The molecule has 0 aliphatic heterocycles. The number of esters is 2. The molecule has 4 saturated carbocycles. The van der Waals surface area contributed by atoms with Gasteiger partial charge in [0.05, 0.1) is 5.60 Å². The molecule has 4 fully saturated rings. The fraction of sp³-hybridized carbons (Fsp3) is 0.789. The Morgan fingerprint density at radius 2 is 1.50 bits per heavy atom. The van der Waals surface area contributed by atoms with Crippen LogP contribution in [0.3, 0.4) is 0 Å². The van der Waals surface area contributed by atoms with Gasteiger partial charge in [-0.1, -0.05) is 6.58 Å². The van der Waals surface area contributed by atoms with Gasteiger partial charge in [0.15, 0.2) is 0 Å². The minimum absolute atomic E-state index is 0.123. The second-order valence-corrected chi connectivity index (χ2v) is 8.74. The minimum atomic E-state index is -5.78. The first-order chi connectivity index (χ1) is 13.6. The fourth-order valence-corrected chi connectivity index (χ4v) is 5.36. The first-order valence-electron chi connectivity index (χ1n) is 9.49. The molecule has 4 aliphatic rings. The molecule has 4 bridgehead atoms. The molecule has 0 saturated heterocycles. The molecule has 2 atom stereocenters. The summed E-state index contributed by atoms with van der Waals surface area (Å²) in [5.41, 5.74) is -1.57. The smallest absolute Gasteiger partial charge is 0.434 e. The summed E-state index contributed by atoms with van der Waals surface area (Å²) in [6.45, 7) is 4.00. The van der Waals surface area contributed by atoms with Gasteiger partial charge in [0, 0.05) is 12.0 Å². The van der Waals surface area contributed by atoms with E-state index in [0.29, 0.717) is 25.7 Å². The van der Waals surface area contributed by atoms with Crippen LogP contribution in [0.5, 0.6) is 0 Å². The van der Waals surface area contributed by atoms with Crippen molar-refractivity contribution in [3.05, 3.63) is 12.2 Å². The Hall–Kier alpha value is -1.78. The zero-order valence-electron chi connectivity index (χ0n) is 16.2. The summed E-state index contributed by atoms with van der Waals surface area (Å²) < 4.78 is 90.3. The number of hydrogen-bond donors (Lipinski definition) is 0. The summed E-state index contributed by atoms with van der Waals surface area (Å²) in [5, 5.41) is 0. The molecule has 170 valence electrons. The number of halogens is 6. The van der Waals surface area contributed by atoms with Crippen LogP contribution in [0.4, 0.5) is 26.3 Å². The highest BCUT2D eigenvalue weighted by atomic mass is 19.4. The number of hydrogen-bond acceptors (Lipinski definition) is 5. The Bertz CT molecular complexity index is 700. The summed E-state index contributed by atoms with van der Waals surface area (Å²) in [5.74, 6) is -2.07. The zero-order valence-corrected chi connectivity index (χ0v) is 16.2. The van der Waals surface area contributed by atoms with Crippen LogP contribution >= 0.6 is 0 Å². The highest BCUT2D eigenvalue weighted by molar-refractivity contribution is 5.87. The van der Waals surface area contributed by atoms with Gasteiger partial charge in [0.2, 0.25) is 0 Å². The summed E-state index contributed by atoms with van der Waals surface area (Å²) in [4.78, 5) is 23.8. The van der Waals surface area contributed by atoms with Crippen LogP contribution in [-0.2, 0) is 23.8 Å². The normalized spacial score (nSPS) is 32.9. The molecule has 0 aromatic rings. The average molecular weight is 444 g/mol. The van der Waals surface area contributed by atoms with Crippen LogP contribution in [0.15, 0.2) is 12.2 Å². The molecule has 30 heavy (non-hydrogen) atoms. The van der Waals surface area contributed by atoms with Crippen molar-refractivity contribution in [2.45, 2.75) is 75.1 Å². The van der Waals surface area contributed by atoms with Gasteiger partial charge in [-0.15, -0.1) is 0 Å². The Balaban J connectivity index is 1.67. The van der Waals surface area contributed by atoms with Gasteiger partial charge in [0.1, 0.15) is 12.2 Å². The van der Waals surface area contributed by atoms with Crippen molar-refractivity contribution >= 4 is 11.9 Å². The van der Waals surface area contributed by atoms with Gasteiger partial charge in [-0.3, -0.25) is 0 Å². The molecule has 0 aromatic heterocycles. The fourth-order valence-electron chi connectivity index (χ4n) is 5.36. The maximum Gasteiger partial charge on any atom is 0.434 e. The van der Waals surface area contributed by atoms with Crippen LogP contribution in [0.2, 0.25) is 0 Å². The van der Waals surface area contributed by atoms with Crippen molar-refractivity contribution in [1.29, 1.82) is 0 Å². The van der Waals surface area contributed by atoms with E-state index < -0.39 is 48.2 Å². The second-order valence-electron chi connectivity index (χ2n) is 8.74. The van der Waals surface area contributed by atoms with Gasteiger partial charge in [-0.2, -0.15) is 26.3 Å². The molecular weight excluding hydrogens is 422 g/mol. The summed E-state index contributed by atoms with van der Waals surface area (Å²) in [7, 11) is 0. The Kier molecular flexibility index (Phi) is 5.66. The van der Waals surface area contributed by atoms with Crippen LogP contribution in [-0.4, -0.2) is 48.2 Å². The molecular formula is C19H22F6O5. The Morgan fingerprint density at radius 3 is 1.97 bits per heavy atom. The zero-order chi connectivity index (χ0) is 22.5. The standard InChI is InChI=1S/C19H22F6O5/c1-10(2)14(27)30-17-6-11-3-12(7-17)5-16(4-11,9-17)28-8-13(26)29-15(18(20,21)22)19(23,24)25/h11-12,15H,1,3-9H2,2H3. The van der Waals surface area contributed by atoms with Crippen molar-refractivity contribution in [3.8, 4) is 0 Å². The number of carbonyl (C=O) groups is 2. The molecule has 0 N–H and O–H groups in total. The van der Waals surface area contributed by atoms with Crippen LogP contribution in [0, 0.1) is 11.8 Å². The molecule has 0 heterocycles. The largest absolute Gasteiger partial charge is 0.456 e. The van der Waals surface area contributed by atoms with Crippen LogP contribution < -0.4 is 0 Å². The van der Waals surface area contributed by atoms with E-state index in [1.807, 2.05) is 0 Å². The number of ether oxygens (including phenoxy) is 3. The summed E-state index contributed by atoms with van der Waals surface area (Å²) in [6.07, 6.45) is -12.5. The molecule has 4 rings (SSSR count). The third kappa shape index (κ3) is 4.76. The van der Waals surface area contributed by atoms with Crippen LogP contribution in [0.1, 0.15) is 45.4 Å². The van der Waals surface area contributed by atoms with Crippen molar-refractivity contribution in [3.63, 3.8) is 0 Å². The van der Waals surface area contributed by atoms with Crippen LogP contribution in [0.25, 0.3) is 0 Å². The van der Waals surface area contributed by atoms with E-state index in [-0.39, 0.29) is 23.8 Å². The van der Waals surface area contributed by atoms with E-state index in [4.69, 9.17) is 9.47 Å². The highest BCUT2D eigenvalue weighted by Crippen LogP contribution is 2.60. The molecule has 5 nitrogen and oxygen atoms in total. The van der Waals surface area contributed by atoms with E-state index in [9.17, 15) is 35.9 Å². The maximum absolute atomic E-state index is 12.6. The van der Waals surface area contributed by atoms with E-state index >= 15 is 0 Å². The van der Waals surface area contributed by atoms with Gasteiger partial charge < -0.3 is 14.2 Å². The highest BCUT2D eigenvalue weighted by Gasteiger charge is 2.62. The number of alkyl halides is 6. The predicted octanol–water partition coefficient (Wildman–Crippen LogP) is 4.25. The summed E-state index contributed by atoms with van der Waals surface area (Å²) in [6, 6.07) is 0. The number of rotatable bonds is 6. The molecule has 0 aromatic carbocycles. The molecule has 0 radical (unpaired) electrons.